The van der Waals surface area contributed by atoms with Crippen molar-refractivity contribution < 1.29 is 9.21 Å². The van der Waals surface area contributed by atoms with Gasteiger partial charge in [-0.1, -0.05) is 0 Å². The van der Waals surface area contributed by atoms with Gasteiger partial charge in [-0.25, -0.2) is 9.78 Å². The average Bonchev–Trinajstić information content (AvgIpc) is 2.47. The zero-order chi connectivity index (χ0) is 8.97. The molecule has 2 N–H and O–H groups in total. The Bertz CT molecular complexity index is 269. The molecule has 0 aromatic carbocycles. The van der Waals surface area contributed by atoms with Gasteiger partial charge >= 0.3 is 6.03 Å². The summed E-state index contributed by atoms with van der Waals surface area (Å²) in [6.45, 7) is 2.19. The molecule has 0 spiro atoms. The lowest BCUT2D eigenvalue weighted by Gasteiger charge is -2.00. The van der Waals surface area contributed by atoms with Crippen LogP contribution in [0, 0.1) is 6.92 Å². The standard InChI is InChI=1S/C7H11N3O2/c1-5-6(10-4-12-5)3-9-7(11)8-2/h4H,3H2,1-2H3,(H2,8,9,11). The van der Waals surface area contributed by atoms with Gasteiger partial charge in [-0.15, -0.1) is 0 Å². The fraction of sp³-hybridized carbons (Fsp3) is 0.429. The predicted molar refractivity (Wildman–Crippen MR) is 42.5 cm³/mol. The highest BCUT2D eigenvalue weighted by Gasteiger charge is 2.03. The number of carbonyl (C=O) groups excluding carboxylic acids is 1. The molecule has 1 aromatic rings. The number of rotatable bonds is 2. The minimum absolute atomic E-state index is 0.225. The topological polar surface area (TPSA) is 67.2 Å². The van der Waals surface area contributed by atoms with E-state index in [9.17, 15) is 4.79 Å². The number of aryl methyl sites for hydroxylation is 1. The number of aromatic nitrogens is 1. The summed E-state index contributed by atoms with van der Waals surface area (Å²) >= 11 is 0. The number of hydrogen-bond acceptors (Lipinski definition) is 3. The molecule has 1 aromatic heterocycles. The summed E-state index contributed by atoms with van der Waals surface area (Å²) in [4.78, 5) is 14.7. The second-order valence-electron chi connectivity index (χ2n) is 2.29. The second-order valence-corrected chi connectivity index (χ2v) is 2.29. The molecule has 66 valence electrons. The summed E-state index contributed by atoms with van der Waals surface area (Å²) in [6, 6.07) is -0.225. The quantitative estimate of drug-likeness (QED) is 0.673. The van der Waals surface area contributed by atoms with Crippen LogP contribution in [0.2, 0.25) is 0 Å². The molecule has 1 heterocycles. The molecule has 0 saturated heterocycles. The molecule has 1 rings (SSSR count). The van der Waals surface area contributed by atoms with Crippen molar-refractivity contribution in [1.29, 1.82) is 0 Å². The third kappa shape index (κ3) is 1.98. The van der Waals surface area contributed by atoms with Gasteiger partial charge in [0.2, 0.25) is 0 Å². The summed E-state index contributed by atoms with van der Waals surface area (Å²) in [5.74, 6) is 0.728. The van der Waals surface area contributed by atoms with Gasteiger partial charge in [0.15, 0.2) is 6.39 Å². The van der Waals surface area contributed by atoms with E-state index in [1.54, 1.807) is 14.0 Å². The van der Waals surface area contributed by atoms with Crippen LogP contribution < -0.4 is 10.6 Å². The van der Waals surface area contributed by atoms with Crippen molar-refractivity contribution in [3.63, 3.8) is 0 Å². The number of hydrogen-bond donors (Lipinski definition) is 2. The fourth-order valence-corrected chi connectivity index (χ4v) is 0.750. The van der Waals surface area contributed by atoms with Gasteiger partial charge < -0.3 is 15.1 Å². The van der Waals surface area contributed by atoms with Crippen LogP contribution in [0.5, 0.6) is 0 Å². The van der Waals surface area contributed by atoms with E-state index in [0.29, 0.717) is 6.54 Å². The van der Waals surface area contributed by atoms with E-state index >= 15 is 0 Å². The molecule has 0 aliphatic heterocycles. The zero-order valence-corrected chi connectivity index (χ0v) is 7.05. The number of urea groups is 1. The molecular formula is C7H11N3O2. The Hall–Kier alpha value is -1.52. The van der Waals surface area contributed by atoms with Gasteiger partial charge in [0, 0.05) is 7.05 Å². The Kier molecular flexibility index (Phi) is 2.68. The van der Waals surface area contributed by atoms with Gasteiger partial charge in [-0.2, -0.15) is 0 Å². The minimum atomic E-state index is -0.225. The molecule has 12 heavy (non-hydrogen) atoms. The van der Waals surface area contributed by atoms with Crippen molar-refractivity contribution in [2.45, 2.75) is 13.5 Å². The van der Waals surface area contributed by atoms with Crippen LogP contribution in [0.1, 0.15) is 11.5 Å². The van der Waals surface area contributed by atoms with E-state index < -0.39 is 0 Å². The van der Waals surface area contributed by atoms with Crippen molar-refractivity contribution in [3.05, 3.63) is 17.8 Å². The molecule has 0 fully saturated rings. The van der Waals surface area contributed by atoms with Gasteiger partial charge in [0.25, 0.3) is 0 Å². The van der Waals surface area contributed by atoms with Gasteiger partial charge in [-0.05, 0) is 6.92 Å². The maximum atomic E-state index is 10.7. The van der Waals surface area contributed by atoms with Crippen LogP contribution in [0.3, 0.4) is 0 Å². The summed E-state index contributed by atoms with van der Waals surface area (Å²) in [6.07, 6.45) is 1.36. The van der Waals surface area contributed by atoms with E-state index in [-0.39, 0.29) is 6.03 Å². The van der Waals surface area contributed by atoms with Crippen molar-refractivity contribution in [2.24, 2.45) is 0 Å². The molecular weight excluding hydrogens is 158 g/mol. The molecule has 0 radical (unpaired) electrons. The van der Waals surface area contributed by atoms with E-state index in [1.165, 1.54) is 6.39 Å². The smallest absolute Gasteiger partial charge is 0.314 e. The average molecular weight is 169 g/mol. The van der Waals surface area contributed by atoms with Gasteiger partial charge in [0.05, 0.1) is 6.54 Å². The summed E-state index contributed by atoms with van der Waals surface area (Å²) < 4.78 is 4.95. The molecule has 5 nitrogen and oxygen atoms in total. The third-order valence-corrected chi connectivity index (χ3v) is 1.49. The maximum absolute atomic E-state index is 10.7. The predicted octanol–water partition coefficient (Wildman–Crippen LogP) is 0.412. The van der Waals surface area contributed by atoms with E-state index in [2.05, 4.69) is 15.6 Å². The molecule has 0 saturated carbocycles. The summed E-state index contributed by atoms with van der Waals surface area (Å²) in [5, 5.41) is 5.04. The maximum Gasteiger partial charge on any atom is 0.314 e. The zero-order valence-electron chi connectivity index (χ0n) is 7.05. The normalized spacial score (nSPS) is 9.50. The van der Waals surface area contributed by atoms with Crippen molar-refractivity contribution in [2.75, 3.05) is 7.05 Å². The van der Waals surface area contributed by atoms with E-state index in [4.69, 9.17) is 4.42 Å². The van der Waals surface area contributed by atoms with Crippen LogP contribution >= 0.6 is 0 Å². The Morgan fingerprint density at radius 1 is 1.75 bits per heavy atom. The lowest BCUT2D eigenvalue weighted by Crippen LogP contribution is -2.32. The lowest BCUT2D eigenvalue weighted by molar-refractivity contribution is 0.242. The molecule has 0 bridgehead atoms. The molecule has 0 aliphatic carbocycles. The first-order valence-corrected chi connectivity index (χ1v) is 3.58. The summed E-state index contributed by atoms with van der Waals surface area (Å²) in [5.41, 5.74) is 0.749. The molecule has 2 amide bonds. The highest BCUT2D eigenvalue weighted by atomic mass is 16.3. The molecule has 0 aliphatic rings. The van der Waals surface area contributed by atoms with Crippen molar-refractivity contribution >= 4 is 6.03 Å². The Morgan fingerprint density at radius 2 is 2.50 bits per heavy atom. The Morgan fingerprint density at radius 3 is 3.00 bits per heavy atom. The van der Waals surface area contributed by atoms with E-state index in [1.807, 2.05) is 0 Å². The second kappa shape index (κ2) is 3.75. The van der Waals surface area contributed by atoms with Gasteiger partial charge in [0.1, 0.15) is 11.5 Å². The summed E-state index contributed by atoms with van der Waals surface area (Å²) in [7, 11) is 1.56. The molecule has 0 unspecified atom stereocenters. The molecule has 5 heteroatoms. The fourth-order valence-electron chi connectivity index (χ4n) is 0.750. The number of nitrogens with zero attached hydrogens (tertiary/aromatic N) is 1. The number of oxazole rings is 1. The first-order chi connectivity index (χ1) is 5.74. The SMILES string of the molecule is CNC(=O)NCc1ncoc1C. The van der Waals surface area contributed by atoms with Gasteiger partial charge in [-0.3, -0.25) is 0 Å². The first kappa shape index (κ1) is 8.58. The van der Waals surface area contributed by atoms with Crippen LogP contribution in [0.15, 0.2) is 10.8 Å². The lowest BCUT2D eigenvalue weighted by atomic mass is 10.4. The molecule has 0 atom stereocenters. The monoisotopic (exact) mass is 169 g/mol. The number of carbonyl (C=O) groups is 1. The van der Waals surface area contributed by atoms with Crippen molar-refractivity contribution in [3.8, 4) is 0 Å². The van der Waals surface area contributed by atoms with Crippen LogP contribution in [0.25, 0.3) is 0 Å². The largest absolute Gasteiger partial charge is 0.448 e. The first-order valence-electron chi connectivity index (χ1n) is 3.58. The highest BCUT2D eigenvalue weighted by Crippen LogP contribution is 2.02. The van der Waals surface area contributed by atoms with E-state index in [0.717, 1.165) is 11.5 Å². The number of nitrogens with one attached hydrogen (secondary N) is 2. The Labute approximate surface area is 70.2 Å². The third-order valence-electron chi connectivity index (χ3n) is 1.49. The van der Waals surface area contributed by atoms with Crippen molar-refractivity contribution in [1.82, 2.24) is 15.6 Å². The minimum Gasteiger partial charge on any atom is -0.448 e. The highest BCUT2D eigenvalue weighted by molar-refractivity contribution is 5.73. The Balaban J connectivity index is 2.43. The van der Waals surface area contributed by atoms with Crippen LogP contribution in [-0.2, 0) is 6.54 Å². The van der Waals surface area contributed by atoms with Crippen LogP contribution in [0.4, 0.5) is 4.79 Å². The van der Waals surface area contributed by atoms with Crippen LogP contribution in [-0.4, -0.2) is 18.1 Å². The number of amides is 2.